The lowest BCUT2D eigenvalue weighted by atomic mass is 9.67. The van der Waals surface area contributed by atoms with Crippen LogP contribution in [0.4, 0.5) is 17.1 Å². The van der Waals surface area contributed by atoms with E-state index >= 15 is 0 Å². The van der Waals surface area contributed by atoms with Gasteiger partial charge < -0.3 is 13.7 Å². The SMILES string of the molecule is c1ccc(-c2ccc(N(c3cccc(C4(c5ccccc5)c5ccccc5-c5ccccc54)c3)c3cccc4oc5ccccc5c34)c3c2oc2ccccc23)cc1. The summed E-state index contributed by atoms with van der Waals surface area (Å²) in [6.07, 6.45) is 0. The van der Waals surface area contributed by atoms with E-state index in [-0.39, 0.29) is 0 Å². The second-order valence-electron chi connectivity index (χ2n) is 15.1. The van der Waals surface area contributed by atoms with Gasteiger partial charge in [-0.2, -0.15) is 0 Å². The maximum absolute atomic E-state index is 6.86. The number of hydrogen-bond donors (Lipinski definition) is 0. The zero-order valence-electron chi connectivity index (χ0n) is 31.5. The summed E-state index contributed by atoms with van der Waals surface area (Å²) in [5.41, 5.74) is 15.6. The Balaban J connectivity index is 1.20. The van der Waals surface area contributed by atoms with E-state index in [1.54, 1.807) is 0 Å². The molecule has 12 rings (SSSR count). The van der Waals surface area contributed by atoms with Crippen LogP contribution in [-0.2, 0) is 5.41 Å². The second kappa shape index (κ2) is 12.7. The summed E-state index contributed by atoms with van der Waals surface area (Å²) in [5.74, 6) is 0. The molecule has 0 unspecified atom stereocenters. The van der Waals surface area contributed by atoms with Crippen LogP contribution in [0.3, 0.4) is 0 Å². The Labute approximate surface area is 335 Å². The number of hydrogen-bond acceptors (Lipinski definition) is 3. The van der Waals surface area contributed by atoms with Gasteiger partial charge in [0.25, 0.3) is 0 Å². The van der Waals surface area contributed by atoms with Crippen LogP contribution in [0.1, 0.15) is 22.3 Å². The third kappa shape index (κ3) is 4.62. The molecule has 272 valence electrons. The van der Waals surface area contributed by atoms with Crippen LogP contribution in [0.25, 0.3) is 66.1 Å². The molecule has 0 radical (unpaired) electrons. The highest BCUT2D eigenvalue weighted by Crippen LogP contribution is 2.57. The van der Waals surface area contributed by atoms with E-state index in [0.29, 0.717) is 0 Å². The van der Waals surface area contributed by atoms with Gasteiger partial charge >= 0.3 is 0 Å². The van der Waals surface area contributed by atoms with Crippen molar-refractivity contribution in [3.05, 3.63) is 235 Å². The average Bonchev–Trinajstić information content (AvgIpc) is 3.97. The molecule has 1 aliphatic carbocycles. The lowest BCUT2D eigenvalue weighted by Crippen LogP contribution is -2.28. The second-order valence-corrected chi connectivity index (χ2v) is 15.1. The number of furan rings is 2. The molecule has 0 saturated carbocycles. The van der Waals surface area contributed by atoms with E-state index in [9.17, 15) is 0 Å². The summed E-state index contributed by atoms with van der Waals surface area (Å²) in [6.45, 7) is 0. The van der Waals surface area contributed by atoms with E-state index < -0.39 is 5.41 Å². The van der Waals surface area contributed by atoms with E-state index in [4.69, 9.17) is 8.83 Å². The first-order valence-corrected chi connectivity index (χ1v) is 19.8. The maximum atomic E-state index is 6.86. The molecular weight excluding hydrogens is 707 g/mol. The van der Waals surface area contributed by atoms with Crippen molar-refractivity contribution in [1.82, 2.24) is 0 Å². The van der Waals surface area contributed by atoms with Gasteiger partial charge in [0, 0.05) is 22.0 Å². The highest BCUT2D eigenvalue weighted by Gasteiger charge is 2.46. The number of benzene rings is 9. The minimum Gasteiger partial charge on any atom is -0.456 e. The Hall–Kier alpha value is -7.62. The molecule has 0 bridgehead atoms. The topological polar surface area (TPSA) is 29.5 Å². The Kier molecular flexibility index (Phi) is 7.14. The maximum Gasteiger partial charge on any atom is 0.145 e. The normalized spacial score (nSPS) is 13.0. The quantitative estimate of drug-likeness (QED) is 0.170. The minimum atomic E-state index is -0.556. The molecule has 0 amide bonds. The lowest BCUT2D eigenvalue weighted by molar-refractivity contribution is 0.669. The predicted molar refractivity (Wildman–Crippen MR) is 238 cm³/mol. The fraction of sp³-hybridized carbons (Fsp3) is 0.0182. The molecule has 0 saturated heterocycles. The zero-order chi connectivity index (χ0) is 38.2. The lowest BCUT2D eigenvalue weighted by Gasteiger charge is -2.35. The van der Waals surface area contributed by atoms with Crippen LogP contribution >= 0.6 is 0 Å². The van der Waals surface area contributed by atoms with Crippen molar-refractivity contribution in [1.29, 1.82) is 0 Å². The minimum absolute atomic E-state index is 0.556. The first-order chi connectivity index (χ1) is 28.8. The number of fused-ring (bicyclic) bond motifs is 9. The summed E-state index contributed by atoms with van der Waals surface area (Å²) in [4.78, 5) is 2.43. The molecule has 11 aromatic rings. The summed E-state index contributed by atoms with van der Waals surface area (Å²) in [5, 5.41) is 4.25. The van der Waals surface area contributed by atoms with E-state index in [1.165, 1.54) is 33.4 Å². The van der Waals surface area contributed by atoms with Gasteiger partial charge in [-0.3, -0.25) is 0 Å². The molecule has 0 aliphatic heterocycles. The van der Waals surface area contributed by atoms with Crippen molar-refractivity contribution in [3.63, 3.8) is 0 Å². The Bertz CT molecular complexity index is 3310. The molecule has 1 aliphatic rings. The smallest absolute Gasteiger partial charge is 0.145 e. The van der Waals surface area contributed by atoms with Crippen molar-refractivity contribution in [2.24, 2.45) is 0 Å². The number of nitrogens with zero attached hydrogens (tertiary/aromatic N) is 1. The van der Waals surface area contributed by atoms with Gasteiger partial charge in [-0.1, -0.05) is 164 Å². The predicted octanol–water partition coefficient (Wildman–Crippen LogP) is 15.0. The van der Waals surface area contributed by atoms with E-state index in [0.717, 1.165) is 72.1 Å². The summed E-state index contributed by atoms with van der Waals surface area (Å²) >= 11 is 0. The Morgan fingerprint density at radius 1 is 0.362 bits per heavy atom. The summed E-state index contributed by atoms with van der Waals surface area (Å²) in [7, 11) is 0. The molecule has 0 N–H and O–H groups in total. The van der Waals surface area contributed by atoms with Crippen LogP contribution in [0.5, 0.6) is 0 Å². The number of anilines is 3. The van der Waals surface area contributed by atoms with Gasteiger partial charge in [-0.25, -0.2) is 0 Å². The third-order valence-corrected chi connectivity index (χ3v) is 12.1. The molecule has 0 fully saturated rings. The van der Waals surface area contributed by atoms with Crippen molar-refractivity contribution in [2.45, 2.75) is 5.41 Å². The number of rotatable bonds is 6. The molecule has 9 aromatic carbocycles. The zero-order valence-corrected chi connectivity index (χ0v) is 31.5. The third-order valence-electron chi connectivity index (χ3n) is 12.1. The molecule has 2 heterocycles. The van der Waals surface area contributed by atoms with Gasteiger partial charge in [0.2, 0.25) is 0 Å². The van der Waals surface area contributed by atoms with Crippen LogP contribution in [-0.4, -0.2) is 0 Å². The molecule has 0 spiro atoms. The Morgan fingerprint density at radius 2 is 0.914 bits per heavy atom. The molecule has 58 heavy (non-hydrogen) atoms. The van der Waals surface area contributed by atoms with Crippen LogP contribution in [0.15, 0.2) is 221 Å². The van der Waals surface area contributed by atoms with Crippen LogP contribution in [0.2, 0.25) is 0 Å². The largest absolute Gasteiger partial charge is 0.456 e. The highest BCUT2D eigenvalue weighted by molar-refractivity contribution is 6.20. The first kappa shape index (κ1) is 32.6. The summed E-state index contributed by atoms with van der Waals surface area (Å²) in [6, 6.07) is 76.2. The average molecular weight is 742 g/mol. The van der Waals surface area contributed by atoms with E-state index in [1.807, 2.05) is 12.1 Å². The standard InChI is InChI=1S/C55H35NO2/c1-3-17-36(18-4-1)40-33-34-48(53-44-26-10-14-31-50(44)58-54(40)53)56(47-29-16-32-51-52(47)43-25-9-13-30-49(43)57-51)39-22-15-21-38(35-39)55(37-19-5-2-6-20-37)45-27-11-7-23-41(45)42-24-8-12-28-46(42)55/h1-35H. The van der Waals surface area contributed by atoms with Crippen molar-refractivity contribution in [3.8, 4) is 22.3 Å². The first-order valence-electron chi connectivity index (χ1n) is 19.8. The van der Waals surface area contributed by atoms with Gasteiger partial charge in [0.15, 0.2) is 0 Å². The van der Waals surface area contributed by atoms with Gasteiger partial charge in [-0.15, -0.1) is 0 Å². The van der Waals surface area contributed by atoms with Crippen LogP contribution < -0.4 is 4.90 Å². The fourth-order valence-corrected chi connectivity index (χ4v) is 9.78. The van der Waals surface area contributed by atoms with Gasteiger partial charge in [0.05, 0.1) is 27.6 Å². The highest BCUT2D eigenvalue weighted by atomic mass is 16.3. The monoisotopic (exact) mass is 741 g/mol. The van der Waals surface area contributed by atoms with Crippen LogP contribution in [0, 0.1) is 0 Å². The van der Waals surface area contributed by atoms with Gasteiger partial charge in [-0.05, 0) is 87.5 Å². The molecule has 2 aromatic heterocycles. The summed E-state index contributed by atoms with van der Waals surface area (Å²) < 4.78 is 13.4. The molecular formula is C55H35NO2. The fourth-order valence-electron chi connectivity index (χ4n) is 9.78. The van der Waals surface area contributed by atoms with Gasteiger partial charge in [0.1, 0.15) is 22.3 Å². The van der Waals surface area contributed by atoms with Crippen molar-refractivity contribution in [2.75, 3.05) is 4.90 Å². The van der Waals surface area contributed by atoms with Crippen molar-refractivity contribution < 1.29 is 8.83 Å². The molecule has 0 atom stereocenters. The van der Waals surface area contributed by atoms with Crippen molar-refractivity contribution >= 4 is 60.9 Å². The molecule has 3 heteroatoms. The molecule has 3 nitrogen and oxygen atoms in total. The Morgan fingerprint density at radius 3 is 1.66 bits per heavy atom. The number of para-hydroxylation sites is 2. The van der Waals surface area contributed by atoms with E-state index in [2.05, 4.69) is 205 Å².